The quantitative estimate of drug-likeness (QED) is 0.632. The molecule has 0 saturated heterocycles. The Kier molecular flexibility index (Phi) is 3.25. The summed E-state index contributed by atoms with van der Waals surface area (Å²) in [6.07, 6.45) is -1.32. The number of furan rings is 1. The topological polar surface area (TPSA) is 82.6 Å². The van der Waals surface area contributed by atoms with Crippen LogP contribution < -0.4 is 0 Å². The first kappa shape index (κ1) is 12.8. The molecule has 2 rings (SSSR count). The molecule has 1 aliphatic heterocycles. The smallest absolute Gasteiger partial charge is 0.367 e. The summed E-state index contributed by atoms with van der Waals surface area (Å²) in [5.41, 5.74) is 0.290. The molecule has 0 spiro atoms. The van der Waals surface area contributed by atoms with Gasteiger partial charge in [0, 0.05) is 0 Å². The molecule has 6 nitrogen and oxygen atoms in total. The molecule has 0 radical (unpaired) electrons. The van der Waals surface area contributed by atoms with Crippen LogP contribution in [0.4, 0.5) is 0 Å². The van der Waals surface area contributed by atoms with Gasteiger partial charge in [0.05, 0.1) is 10.5 Å². The Hall–Kier alpha value is -1.63. The molecule has 0 N–H and O–H groups in total. The van der Waals surface area contributed by atoms with E-state index in [1.165, 1.54) is 6.92 Å². The molecule has 0 aliphatic carbocycles. The zero-order chi connectivity index (χ0) is 13.4. The van der Waals surface area contributed by atoms with Gasteiger partial charge < -0.3 is 9.15 Å². The van der Waals surface area contributed by atoms with Gasteiger partial charge in [0.25, 0.3) is 0 Å². The summed E-state index contributed by atoms with van der Waals surface area (Å²) in [5, 5.41) is 11.0. The van der Waals surface area contributed by atoms with Crippen molar-refractivity contribution < 1.29 is 18.9 Å². The third kappa shape index (κ3) is 2.05. The van der Waals surface area contributed by atoms with Gasteiger partial charge in [0.1, 0.15) is 11.5 Å². The first-order valence-electron chi connectivity index (χ1n) is 5.19. The van der Waals surface area contributed by atoms with E-state index in [-0.39, 0.29) is 11.5 Å². The van der Waals surface area contributed by atoms with Crippen molar-refractivity contribution in [2.45, 2.75) is 26.0 Å². The number of halogens is 1. The maximum atomic E-state index is 11.6. The van der Waals surface area contributed by atoms with E-state index in [2.05, 4.69) is 15.9 Å². The van der Waals surface area contributed by atoms with Crippen LogP contribution in [-0.2, 0) is 9.53 Å². The number of ether oxygens (including phenoxy) is 1. The Labute approximate surface area is 111 Å². The summed E-state index contributed by atoms with van der Waals surface area (Å²) in [6.45, 7) is 2.90. The van der Waals surface area contributed by atoms with Gasteiger partial charge >= 0.3 is 6.23 Å². The van der Waals surface area contributed by atoms with E-state index in [1.54, 1.807) is 19.1 Å². The lowest BCUT2D eigenvalue weighted by atomic mass is 9.93. The van der Waals surface area contributed by atoms with Crippen LogP contribution in [0.1, 0.15) is 25.5 Å². The number of ketones is 1. The minimum Gasteiger partial charge on any atom is -0.453 e. The van der Waals surface area contributed by atoms with Crippen LogP contribution in [-0.4, -0.2) is 16.9 Å². The molecule has 2 unspecified atom stereocenters. The summed E-state index contributed by atoms with van der Waals surface area (Å²) in [4.78, 5) is 22.0. The highest BCUT2D eigenvalue weighted by Gasteiger charge is 2.47. The number of rotatable bonds is 3. The molecule has 2 atom stereocenters. The fourth-order valence-electron chi connectivity index (χ4n) is 2.08. The van der Waals surface area contributed by atoms with Gasteiger partial charge in [-0.25, -0.2) is 0 Å². The third-order valence-electron chi connectivity index (χ3n) is 2.76. The summed E-state index contributed by atoms with van der Waals surface area (Å²) in [6, 6.07) is 3.22. The molecule has 0 amide bonds. The SMILES string of the molecule is CC(=O)C1=C(C)OC([N+](=O)[O-])C1c1ccc(Br)o1. The molecule has 7 heteroatoms. The molecule has 1 aliphatic rings. The lowest BCUT2D eigenvalue weighted by Crippen LogP contribution is -2.27. The van der Waals surface area contributed by atoms with E-state index < -0.39 is 17.1 Å². The van der Waals surface area contributed by atoms with Crippen molar-refractivity contribution in [3.8, 4) is 0 Å². The second-order valence-electron chi connectivity index (χ2n) is 3.94. The van der Waals surface area contributed by atoms with E-state index >= 15 is 0 Å². The summed E-state index contributed by atoms with van der Waals surface area (Å²) in [7, 11) is 0. The van der Waals surface area contributed by atoms with Crippen molar-refractivity contribution in [3.63, 3.8) is 0 Å². The molecule has 0 bridgehead atoms. The van der Waals surface area contributed by atoms with Crippen LogP contribution in [0.15, 0.2) is 32.6 Å². The van der Waals surface area contributed by atoms with E-state index in [1.807, 2.05) is 0 Å². The van der Waals surface area contributed by atoms with Crippen molar-refractivity contribution in [1.29, 1.82) is 0 Å². The first-order valence-corrected chi connectivity index (χ1v) is 5.98. The Morgan fingerprint density at radius 2 is 2.17 bits per heavy atom. The van der Waals surface area contributed by atoms with Crippen molar-refractivity contribution in [3.05, 3.63) is 44.0 Å². The Bertz CT molecular complexity index is 547. The van der Waals surface area contributed by atoms with Gasteiger partial charge in [0.15, 0.2) is 16.4 Å². The number of allylic oxidation sites excluding steroid dienone is 1. The zero-order valence-corrected chi connectivity index (χ0v) is 11.3. The van der Waals surface area contributed by atoms with Crippen LogP contribution in [0.25, 0.3) is 0 Å². The monoisotopic (exact) mass is 315 g/mol. The van der Waals surface area contributed by atoms with E-state index in [0.717, 1.165) is 0 Å². The largest absolute Gasteiger partial charge is 0.453 e. The second-order valence-corrected chi connectivity index (χ2v) is 4.72. The van der Waals surface area contributed by atoms with Crippen LogP contribution in [0.2, 0.25) is 0 Å². The number of carbonyl (C=O) groups is 1. The van der Waals surface area contributed by atoms with Crippen LogP contribution >= 0.6 is 15.9 Å². The molecular weight excluding hydrogens is 306 g/mol. The van der Waals surface area contributed by atoms with Crippen molar-refractivity contribution in [2.24, 2.45) is 0 Å². The Balaban J connectivity index is 2.49. The third-order valence-corrected chi connectivity index (χ3v) is 3.19. The van der Waals surface area contributed by atoms with Gasteiger partial charge in [-0.15, -0.1) is 0 Å². The summed E-state index contributed by atoms with van der Waals surface area (Å²) < 4.78 is 10.9. The number of hydrogen-bond donors (Lipinski definition) is 0. The van der Waals surface area contributed by atoms with Gasteiger partial charge in [-0.3, -0.25) is 14.9 Å². The highest BCUT2D eigenvalue weighted by molar-refractivity contribution is 9.10. The lowest BCUT2D eigenvalue weighted by molar-refractivity contribution is -0.570. The van der Waals surface area contributed by atoms with E-state index in [0.29, 0.717) is 16.0 Å². The number of nitro groups is 1. The fraction of sp³-hybridized carbons (Fsp3) is 0.364. The van der Waals surface area contributed by atoms with E-state index in [9.17, 15) is 14.9 Å². The zero-order valence-electron chi connectivity index (χ0n) is 9.68. The molecule has 0 fully saturated rings. The van der Waals surface area contributed by atoms with Crippen molar-refractivity contribution in [1.82, 2.24) is 0 Å². The molecule has 18 heavy (non-hydrogen) atoms. The van der Waals surface area contributed by atoms with Crippen molar-refractivity contribution in [2.75, 3.05) is 0 Å². The maximum absolute atomic E-state index is 11.6. The highest BCUT2D eigenvalue weighted by Crippen LogP contribution is 2.40. The van der Waals surface area contributed by atoms with Crippen LogP contribution in [0.5, 0.6) is 0 Å². The Morgan fingerprint density at radius 1 is 1.50 bits per heavy atom. The minimum absolute atomic E-state index is 0.255. The summed E-state index contributed by atoms with van der Waals surface area (Å²) in [5.74, 6) is -0.439. The van der Waals surface area contributed by atoms with Crippen LogP contribution in [0.3, 0.4) is 0 Å². The van der Waals surface area contributed by atoms with Crippen LogP contribution in [0, 0.1) is 10.1 Å². The van der Waals surface area contributed by atoms with Gasteiger partial charge in [-0.05, 0) is 41.9 Å². The number of hydrogen-bond acceptors (Lipinski definition) is 5. The predicted molar refractivity (Wildman–Crippen MR) is 64.4 cm³/mol. The first-order chi connectivity index (χ1) is 8.41. The van der Waals surface area contributed by atoms with E-state index in [4.69, 9.17) is 9.15 Å². The predicted octanol–water partition coefficient (Wildman–Crippen LogP) is 2.62. The number of carbonyl (C=O) groups excluding carboxylic acids is 1. The Morgan fingerprint density at radius 3 is 2.61 bits per heavy atom. The number of nitrogens with zero attached hydrogens (tertiary/aromatic N) is 1. The average Bonchev–Trinajstić information content (AvgIpc) is 2.81. The van der Waals surface area contributed by atoms with Gasteiger partial charge in [-0.2, -0.15) is 0 Å². The second kappa shape index (κ2) is 4.56. The highest BCUT2D eigenvalue weighted by atomic mass is 79.9. The molecule has 2 heterocycles. The van der Waals surface area contributed by atoms with Gasteiger partial charge in [-0.1, -0.05) is 0 Å². The maximum Gasteiger partial charge on any atom is 0.367 e. The lowest BCUT2D eigenvalue weighted by Gasteiger charge is -2.11. The average molecular weight is 316 g/mol. The minimum atomic E-state index is -1.32. The van der Waals surface area contributed by atoms with Crippen molar-refractivity contribution >= 4 is 21.7 Å². The molecular formula is C11H10BrNO5. The molecule has 0 aromatic carbocycles. The number of Topliss-reactive ketones (excluding diaryl/α,β-unsaturated/α-hetero) is 1. The summed E-state index contributed by atoms with van der Waals surface area (Å²) >= 11 is 3.13. The molecule has 0 saturated carbocycles. The molecule has 96 valence electrons. The molecule has 1 aromatic heterocycles. The fourth-order valence-corrected chi connectivity index (χ4v) is 2.40. The normalized spacial score (nSPS) is 23.1. The van der Waals surface area contributed by atoms with Gasteiger partial charge in [0.2, 0.25) is 0 Å². The standard InChI is InChI=1S/C11H10BrNO5/c1-5(14)9-6(2)17-11(13(15)16)10(9)7-3-4-8(12)18-7/h3-4,10-11H,1-2H3. The molecule has 1 aromatic rings.